The van der Waals surface area contributed by atoms with Crippen LogP contribution >= 0.6 is 11.3 Å². The Balaban J connectivity index is 0.962. The van der Waals surface area contributed by atoms with Crippen LogP contribution in [-0.4, -0.2) is 39.3 Å². The lowest BCUT2D eigenvalue weighted by molar-refractivity contribution is 0.995. The molecule has 0 fully saturated rings. The fourth-order valence-corrected chi connectivity index (χ4v) is 10.2. The molecule has 314 valence electrons. The normalized spacial score (nSPS) is 11.6. The summed E-state index contributed by atoms with van der Waals surface area (Å²) in [6.07, 6.45) is 3.71. The maximum absolute atomic E-state index is 5.38. The number of hydrogen-bond donors (Lipinski definition) is 0. The molecular formula is C58H36N8S. The van der Waals surface area contributed by atoms with Gasteiger partial charge in [0.25, 0.3) is 0 Å². The fourth-order valence-electron chi connectivity index (χ4n) is 9.33. The van der Waals surface area contributed by atoms with Crippen molar-refractivity contribution in [1.82, 2.24) is 39.3 Å². The van der Waals surface area contributed by atoms with E-state index in [1.807, 2.05) is 54.7 Å². The molecule has 0 saturated heterocycles. The summed E-state index contributed by atoms with van der Waals surface area (Å²) in [4.78, 5) is 20.3. The average Bonchev–Trinajstić information content (AvgIpc) is 4.13. The number of aromatic nitrogens is 8. The quantitative estimate of drug-likeness (QED) is 0.151. The second kappa shape index (κ2) is 16.0. The first kappa shape index (κ1) is 38.5. The molecule has 7 aromatic carbocycles. The number of pyridine rings is 2. The second-order valence-electron chi connectivity index (χ2n) is 16.4. The van der Waals surface area contributed by atoms with Crippen molar-refractivity contribution in [1.29, 1.82) is 0 Å². The summed E-state index contributed by atoms with van der Waals surface area (Å²) < 4.78 is 4.46. The summed E-state index contributed by atoms with van der Waals surface area (Å²) in [5.41, 5.74) is 13.8. The Bertz CT molecular complexity index is 3860. The second-order valence-corrected chi connectivity index (χ2v) is 17.4. The Kier molecular flexibility index (Phi) is 9.17. The van der Waals surface area contributed by atoms with E-state index in [9.17, 15) is 0 Å². The number of hydrogen-bond acceptors (Lipinski definition) is 7. The van der Waals surface area contributed by atoms with E-state index in [0.717, 1.165) is 115 Å². The Hall–Kier alpha value is -8.92. The van der Waals surface area contributed by atoms with E-state index in [4.69, 9.17) is 25.1 Å². The smallest absolute Gasteiger partial charge is 0.235 e. The van der Waals surface area contributed by atoms with E-state index in [2.05, 4.69) is 172 Å². The van der Waals surface area contributed by atoms with E-state index >= 15 is 0 Å². The van der Waals surface area contributed by atoms with Crippen LogP contribution in [0.2, 0.25) is 0 Å². The van der Waals surface area contributed by atoms with E-state index in [0.29, 0.717) is 5.95 Å². The van der Waals surface area contributed by atoms with Gasteiger partial charge in [0, 0.05) is 67.3 Å². The lowest BCUT2D eigenvalue weighted by atomic mass is 10.0. The fraction of sp³-hybridized carbons (Fsp3) is 0. The van der Waals surface area contributed by atoms with Crippen LogP contribution in [0, 0.1) is 0 Å². The molecule has 0 unspecified atom stereocenters. The third-order valence-corrected chi connectivity index (χ3v) is 13.4. The Morgan fingerprint density at radius 3 is 1.60 bits per heavy atom. The van der Waals surface area contributed by atoms with Crippen LogP contribution in [0.25, 0.3) is 121 Å². The molecule has 0 aliphatic heterocycles. The van der Waals surface area contributed by atoms with Crippen molar-refractivity contribution < 1.29 is 0 Å². The molecule has 6 heterocycles. The zero-order chi connectivity index (χ0) is 44.3. The largest absolute Gasteiger partial charge is 0.293 e. The molecule has 0 spiro atoms. The van der Waals surface area contributed by atoms with Crippen molar-refractivity contribution in [3.63, 3.8) is 0 Å². The molecule has 0 atom stereocenters. The monoisotopic (exact) mass is 876 g/mol. The highest BCUT2D eigenvalue weighted by molar-refractivity contribution is 7.18. The summed E-state index contributed by atoms with van der Waals surface area (Å²) in [5, 5.41) is 15.9. The highest BCUT2D eigenvalue weighted by atomic mass is 32.1. The van der Waals surface area contributed by atoms with E-state index in [1.54, 1.807) is 17.5 Å². The van der Waals surface area contributed by atoms with Crippen LogP contribution in [0.4, 0.5) is 0 Å². The predicted molar refractivity (Wildman–Crippen MR) is 272 cm³/mol. The molecule has 0 bridgehead atoms. The highest BCUT2D eigenvalue weighted by Gasteiger charge is 2.22. The first-order valence-corrected chi connectivity index (χ1v) is 22.9. The standard InChI is InChI=1S/C58H36N8S/c1-4-16-37(17-5-1)48-33-42(41-22-15-31-59-36-41)34-54(60-48)66-52-28-13-10-23-43(52)45-25-14-26-46(55(45)66)57-64-63-56(67-57)40-29-30-53-47(32-40)44-24-11-12-27-51(44)65(53)58-61-49(38-18-6-2-7-19-38)35-50(62-58)39-20-8-3-9-21-39/h1-36H. The number of benzene rings is 7. The molecule has 0 aliphatic carbocycles. The van der Waals surface area contributed by atoms with Crippen molar-refractivity contribution in [2.45, 2.75) is 0 Å². The molecular weight excluding hydrogens is 841 g/mol. The van der Waals surface area contributed by atoms with E-state index in [-0.39, 0.29) is 0 Å². The van der Waals surface area contributed by atoms with Crippen molar-refractivity contribution >= 4 is 54.9 Å². The van der Waals surface area contributed by atoms with Crippen molar-refractivity contribution in [2.24, 2.45) is 0 Å². The molecule has 13 aromatic rings. The molecule has 0 radical (unpaired) electrons. The SMILES string of the molecule is c1ccc(-c2cc(-c3cccnc3)cc(-n3c4ccccc4c4cccc(-c5nnc(-c6ccc7c(c6)c6ccccc6n7-c6nc(-c7ccccc7)cc(-c7ccccc7)n6)s5)c43)n2)cc1. The zero-order valence-electron chi connectivity index (χ0n) is 35.8. The van der Waals surface area contributed by atoms with Crippen molar-refractivity contribution in [3.05, 3.63) is 219 Å². The molecule has 9 heteroatoms. The topological polar surface area (TPSA) is 87.2 Å². The van der Waals surface area contributed by atoms with Gasteiger partial charge in [0.15, 0.2) is 0 Å². The summed E-state index contributed by atoms with van der Waals surface area (Å²) in [6.45, 7) is 0. The highest BCUT2D eigenvalue weighted by Crippen LogP contribution is 2.42. The molecule has 0 saturated carbocycles. The van der Waals surface area contributed by atoms with Crippen LogP contribution in [-0.2, 0) is 0 Å². The molecule has 13 rings (SSSR count). The third-order valence-electron chi connectivity index (χ3n) is 12.4. The Morgan fingerprint density at radius 1 is 0.358 bits per heavy atom. The van der Waals surface area contributed by atoms with Crippen LogP contribution in [0.5, 0.6) is 0 Å². The molecule has 8 nitrogen and oxygen atoms in total. The summed E-state index contributed by atoms with van der Waals surface area (Å²) in [7, 11) is 0. The number of rotatable bonds is 8. The lowest BCUT2D eigenvalue weighted by Crippen LogP contribution is -2.03. The minimum Gasteiger partial charge on any atom is -0.293 e. The predicted octanol–water partition coefficient (Wildman–Crippen LogP) is 14.3. The van der Waals surface area contributed by atoms with Crippen molar-refractivity contribution in [2.75, 3.05) is 0 Å². The lowest BCUT2D eigenvalue weighted by Gasteiger charge is -2.14. The maximum atomic E-state index is 5.38. The zero-order valence-corrected chi connectivity index (χ0v) is 36.6. The van der Waals surface area contributed by atoms with E-state index in [1.165, 1.54) is 0 Å². The van der Waals surface area contributed by atoms with Crippen LogP contribution in [0.15, 0.2) is 219 Å². The molecule has 0 aliphatic rings. The van der Waals surface area contributed by atoms with Gasteiger partial charge in [-0.25, -0.2) is 15.0 Å². The van der Waals surface area contributed by atoms with Gasteiger partial charge in [-0.05, 0) is 66.2 Å². The van der Waals surface area contributed by atoms with Gasteiger partial charge in [-0.2, -0.15) is 0 Å². The first-order valence-electron chi connectivity index (χ1n) is 22.1. The minimum absolute atomic E-state index is 0.609. The number of para-hydroxylation sites is 3. The Labute approximate surface area is 388 Å². The maximum Gasteiger partial charge on any atom is 0.235 e. The Morgan fingerprint density at radius 2 is 0.925 bits per heavy atom. The van der Waals surface area contributed by atoms with Crippen LogP contribution in [0.3, 0.4) is 0 Å². The summed E-state index contributed by atoms with van der Waals surface area (Å²) in [5.74, 6) is 1.41. The van der Waals surface area contributed by atoms with Gasteiger partial charge < -0.3 is 0 Å². The van der Waals surface area contributed by atoms with Crippen LogP contribution in [0.1, 0.15) is 0 Å². The summed E-state index contributed by atoms with van der Waals surface area (Å²) in [6, 6.07) is 71.4. The van der Waals surface area contributed by atoms with Gasteiger partial charge in [-0.15, -0.1) is 10.2 Å². The van der Waals surface area contributed by atoms with Gasteiger partial charge in [0.2, 0.25) is 5.95 Å². The van der Waals surface area contributed by atoms with E-state index < -0.39 is 0 Å². The van der Waals surface area contributed by atoms with Gasteiger partial charge in [-0.1, -0.05) is 157 Å². The summed E-state index contributed by atoms with van der Waals surface area (Å²) >= 11 is 1.59. The van der Waals surface area contributed by atoms with Gasteiger partial charge in [0.05, 0.1) is 39.1 Å². The van der Waals surface area contributed by atoms with Gasteiger partial charge in [0.1, 0.15) is 15.8 Å². The number of fused-ring (bicyclic) bond motifs is 6. The first-order chi connectivity index (χ1) is 33.2. The molecule has 67 heavy (non-hydrogen) atoms. The molecule has 0 amide bonds. The minimum atomic E-state index is 0.609. The average molecular weight is 877 g/mol. The molecule has 0 N–H and O–H groups in total. The van der Waals surface area contributed by atoms with Gasteiger partial charge >= 0.3 is 0 Å². The van der Waals surface area contributed by atoms with Crippen molar-refractivity contribution in [3.8, 4) is 77.8 Å². The van der Waals surface area contributed by atoms with Crippen LogP contribution < -0.4 is 0 Å². The molecule has 6 aromatic heterocycles. The third kappa shape index (κ3) is 6.67. The van der Waals surface area contributed by atoms with Gasteiger partial charge in [-0.3, -0.25) is 14.1 Å². The number of nitrogens with zero attached hydrogens (tertiary/aromatic N) is 8.